The van der Waals surface area contributed by atoms with Crippen LogP contribution in [-0.2, 0) is 0 Å². The van der Waals surface area contributed by atoms with Crippen LogP contribution in [0.3, 0.4) is 0 Å². The summed E-state index contributed by atoms with van der Waals surface area (Å²) in [7, 11) is 1.95. The van der Waals surface area contributed by atoms with Crippen LogP contribution in [0.4, 0.5) is 0 Å². The van der Waals surface area contributed by atoms with Crippen LogP contribution >= 0.6 is 24.8 Å². The molecule has 19 heavy (non-hydrogen) atoms. The van der Waals surface area contributed by atoms with E-state index in [9.17, 15) is 4.79 Å². The van der Waals surface area contributed by atoms with E-state index in [0.29, 0.717) is 6.04 Å². The molecule has 0 aliphatic carbocycles. The fraction of sp³-hybridized carbons (Fsp3) is 0.538. The molecule has 2 rings (SSSR count). The Kier molecular flexibility index (Phi) is 7.99. The second-order valence-electron chi connectivity index (χ2n) is 4.57. The van der Waals surface area contributed by atoms with Gasteiger partial charge in [-0.3, -0.25) is 9.78 Å². The van der Waals surface area contributed by atoms with E-state index in [1.807, 2.05) is 24.9 Å². The highest BCUT2D eigenvalue weighted by molar-refractivity contribution is 5.95. The lowest BCUT2D eigenvalue weighted by Crippen LogP contribution is -2.47. The molecule has 1 unspecified atom stereocenters. The standard InChI is InChI=1S/C13H19N3O.2ClH/c1-10-5-6-15-8-12(10)13(17)16-7-3-4-11(9-16)14-2;;/h5-6,8,11,14H,3-4,7,9H2,1-2H3;2*1H. The molecule has 1 saturated heterocycles. The molecule has 1 fully saturated rings. The van der Waals surface area contributed by atoms with E-state index in [1.54, 1.807) is 12.4 Å². The molecule has 4 nitrogen and oxygen atoms in total. The van der Waals surface area contributed by atoms with Crippen LogP contribution in [0, 0.1) is 6.92 Å². The largest absolute Gasteiger partial charge is 0.337 e. The zero-order valence-corrected chi connectivity index (χ0v) is 12.9. The van der Waals surface area contributed by atoms with Gasteiger partial charge in [-0.25, -0.2) is 0 Å². The number of pyridine rings is 1. The van der Waals surface area contributed by atoms with E-state index in [1.165, 1.54) is 0 Å². The normalized spacial score (nSPS) is 18.2. The summed E-state index contributed by atoms with van der Waals surface area (Å²) in [5.74, 6) is 0.107. The molecule has 1 aliphatic heterocycles. The van der Waals surface area contributed by atoms with Crippen molar-refractivity contribution in [3.63, 3.8) is 0 Å². The Morgan fingerprint density at radius 2 is 2.21 bits per heavy atom. The molecule has 1 atom stereocenters. The van der Waals surface area contributed by atoms with Gasteiger partial charge < -0.3 is 10.2 Å². The summed E-state index contributed by atoms with van der Waals surface area (Å²) in [4.78, 5) is 18.3. The SMILES string of the molecule is CNC1CCCN(C(=O)c2cnccc2C)C1.Cl.Cl. The van der Waals surface area contributed by atoms with E-state index in [2.05, 4.69) is 10.3 Å². The number of amides is 1. The van der Waals surface area contributed by atoms with Crippen molar-refractivity contribution in [1.82, 2.24) is 15.2 Å². The fourth-order valence-electron chi connectivity index (χ4n) is 2.26. The molecule has 0 bridgehead atoms. The van der Waals surface area contributed by atoms with E-state index < -0.39 is 0 Å². The zero-order chi connectivity index (χ0) is 12.3. The lowest BCUT2D eigenvalue weighted by atomic mass is 10.0. The number of likely N-dealkylation sites (tertiary alicyclic amines) is 1. The number of carbonyl (C=O) groups is 1. The number of nitrogens with zero attached hydrogens (tertiary/aromatic N) is 2. The van der Waals surface area contributed by atoms with E-state index in [0.717, 1.165) is 37.1 Å². The van der Waals surface area contributed by atoms with Crippen molar-refractivity contribution in [2.75, 3.05) is 20.1 Å². The topological polar surface area (TPSA) is 45.2 Å². The van der Waals surface area contributed by atoms with Crippen molar-refractivity contribution in [1.29, 1.82) is 0 Å². The lowest BCUT2D eigenvalue weighted by Gasteiger charge is -2.32. The molecular weight excluding hydrogens is 285 g/mol. The monoisotopic (exact) mass is 305 g/mol. The summed E-state index contributed by atoms with van der Waals surface area (Å²) < 4.78 is 0. The maximum absolute atomic E-state index is 12.3. The molecule has 108 valence electrons. The molecule has 0 saturated carbocycles. The third kappa shape index (κ3) is 4.34. The Morgan fingerprint density at radius 3 is 2.84 bits per heavy atom. The Hall–Kier alpha value is -0.840. The molecule has 2 heterocycles. The summed E-state index contributed by atoms with van der Waals surface area (Å²) in [6.45, 7) is 3.60. The zero-order valence-electron chi connectivity index (χ0n) is 11.3. The van der Waals surface area contributed by atoms with Gasteiger partial charge in [0.15, 0.2) is 0 Å². The maximum Gasteiger partial charge on any atom is 0.255 e. The van der Waals surface area contributed by atoms with Crippen LogP contribution in [0.5, 0.6) is 0 Å². The Balaban J connectivity index is 0.00000162. The first-order chi connectivity index (χ1) is 8.22. The van der Waals surface area contributed by atoms with Crippen LogP contribution in [0.15, 0.2) is 18.5 Å². The van der Waals surface area contributed by atoms with Gasteiger partial charge in [-0.15, -0.1) is 24.8 Å². The highest BCUT2D eigenvalue weighted by atomic mass is 35.5. The second kappa shape index (κ2) is 8.35. The molecule has 6 heteroatoms. The Morgan fingerprint density at radius 1 is 1.47 bits per heavy atom. The van der Waals surface area contributed by atoms with Gasteiger partial charge in [0.25, 0.3) is 5.91 Å². The van der Waals surface area contributed by atoms with Crippen LogP contribution in [-0.4, -0.2) is 42.0 Å². The predicted molar refractivity (Wildman–Crippen MR) is 81.5 cm³/mol. The van der Waals surface area contributed by atoms with E-state index in [4.69, 9.17) is 0 Å². The molecule has 1 aliphatic rings. The van der Waals surface area contributed by atoms with Crippen molar-refractivity contribution in [2.24, 2.45) is 0 Å². The summed E-state index contributed by atoms with van der Waals surface area (Å²) in [5.41, 5.74) is 1.72. The third-order valence-corrected chi connectivity index (χ3v) is 3.39. The average Bonchev–Trinajstić information content (AvgIpc) is 2.38. The van der Waals surface area contributed by atoms with Gasteiger partial charge in [0, 0.05) is 31.5 Å². The molecule has 0 radical (unpaired) electrons. The van der Waals surface area contributed by atoms with Crippen molar-refractivity contribution < 1.29 is 4.79 Å². The number of hydrogen-bond acceptors (Lipinski definition) is 3. The minimum absolute atomic E-state index is 0. The lowest BCUT2D eigenvalue weighted by molar-refractivity contribution is 0.0697. The molecule has 1 amide bonds. The molecule has 1 aromatic rings. The van der Waals surface area contributed by atoms with E-state index >= 15 is 0 Å². The van der Waals surface area contributed by atoms with Crippen molar-refractivity contribution >= 4 is 30.7 Å². The van der Waals surface area contributed by atoms with Gasteiger partial charge in [0.2, 0.25) is 0 Å². The van der Waals surface area contributed by atoms with Crippen molar-refractivity contribution in [3.8, 4) is 0 Å². The molecule has 0 spiro atoms. The smallest absolute Gasteiger partial charge is 0.255 e. The summed E-state index contributed by atoms with van der Waals surface area (Å²) in [5, 5.41) is 3.25. The molecule has 0 aromatic carbocycles. The van der Waals surface area contributed by atoms with Crippen LogP contribution < -0.4 is 5.32 Å². The first kappa shape index (κ1) is 18.2. The number of piperidine rings is 1. The number of halogens is 2. The van der Waals surface area contributed by atoms with Crippen LogP contribution in [0.25, 0.3) is 0 Å². The van der Waals surface area contributed by atoms with Crippen molar-refractivity contribution in [2.45, 2.75) is 25.8 Å². The number of carbonyl (C=O) groups excluding carboxylic acids is 1. The van der Waals surface area contributed by atoms with Gasteiger partial charge in [-0.1, -0.05) is 0 Å². The van der Waals surface area contributed by atoms with Gasteiger partial charge >= 0.3 is 0 Å². The minimum Gasteiger partial charge on any atom is -0.337 e. The highest BCUT2D eigenvalue weighted by Gasteiger charge is 2.24. The number of nitrogens with one attached hydrogen (secondary N) is 1. The summed E-state index contributed by atoms with van der Waals surface area (Å²) in [6.07, 6.45) is 5.60. The number of likely N-dealkylation sites (N-methyl/N-ethyl adjacent to an activating group) is 1. The number of aryl methyl sites for hydroxylation is 1. The molecular formula is C13H21Cl2N3O. The molecule has 1 N–H and O–H groups in total. The summed E-state index contributed by atoms with van der Waals surface area (Å²) in [6, 6.07) is 2.30. The number of rotatable bonds is 2. The summed E-state index contributed by atoms with van der Waals surface area (Å²) >= 11 is 0. The first-order valence-electron chi connectivity index (χ1n) is 6.09. The van der Waals surface area contributed by atoms with Gasteiger partial charge in [-0.05, 0) is 38.4 Å². The maximum atomic E-state index is 12.3. The minimum atomic E-state index is 0. The predicted octanol–water partition coefficient (Wildman–Crippen LogP) is 2.06. The van der Waals surface area contributed by atoms with Crippen molar-refractivity contribution in [3.05, 3.63) is 29.6 Å². The number of hydrogen-bond donors (Lipinski definition) is 1. The van der Waals surface area contributed by atoms with Crippen LogP contribution in [0.1, 0.15) is 28.8 Å². The molecule has 1 aromatic heterocycles. The second-order valence-corrected chi connectivity index (χ2v) is 4.57. The number of aromatic nitrogens is 1. The highest BCUT2D eigenvalue weighted by Crippen LogP contribution is 2.15. The third-order valence-electron chi connectivity index (χ3n) is 3.39. The van der Waals surface area contributed by atoms with Gasteiger partial charge in [0.05, 0.1) is 5.56 Å². The quantitative estimate of drug-likeness (QED) is 0.909. The first-order valence-corrected chi connectivity index (χ1v) is 6.09. The Bertz CT molecular complexity index is 415. The Labute approximate surface area is 126 Å². The van der Waals surface area contributed by atoms with Gasteiger partial charge in [-0.2, -0.15) is 0 Å². The fourth-order valence-corrected chi connectivity index (χ4v) is 2.26. The van der Waals surface area contributed by atoms with Gasteiger partial charge in [0.1, 0.15) is 0 Å². The van der Waals surface area contributed by atoms with Crippen LogP contribution in [0.2, 0.25) is 0 Å². The average molecular weight is 306 g/mol. The van der Waals surface area contributed by atoms with E-state index in [-0.39, 0.29) is 30.7 Å².